The molecule has 2 unspecified atom stereocenters. The second-order valence-corrected chi connectivity index (χ2v) is 10.4. The minimum Gasteiger partial charge on any atom is -0.392 e. The number of halogens is 1. The number of nitrogens with zero attached hydrogens (tertiary/aromatic N) is 5. The molecule has 0 fully saturated rings. The number of aliphatic imine (C=N–C) groups is 1. The maximum atomic E-state index is 13.4. The molecule has 0 saturated carbocycles. The molecule has 12 heteroatoms. The van der Waals surface area contributed by atoms with Crippen LogP contribution in [0.25, 0.3) is 11.2 Å². The number of terminal acetylenes is 1. The van der Waals surface area contributed by atoms with Crippen molar-refractivity contribution < 1.29 is 22.4 Å². The molecule has 1 aromatic carbocycles. The molecule has 0 bridgehead atoms. The number of aromatic nitrogens is 4. The number of aryl methyl sites for hydroxylation is 1. The van der Waals surface area contributed by atoms with Gasteiger partial charge in [0.05, 0.1) is 25.2 Å². The van der Waals surface area contributed by atoms with Crippen molar-refractivity contribution in [3.8, 4) is 12.3 Å². The van der Waals surface area contributed by atoms with Gasteiger partial charge in [-0.25, -0.2) is 19.7 Å². The van der Waals surface area contributed by atoms with Crippen LogP contribution in [0, 0.1) is 19.3 Å². The van der Waals surface area contributed by atoms with E-state index in [9.17, 15) is 9.90 Å². The lowest BCUT2D eigenvalue weighted by Gasteiger charge is -2.36. The summed E-state index contributed by atoms with van der Waals surface area (Å²) in [6, 6.07) is 9.49. The highest BCUT2D eigenvalue weighted by Crippen LogP contribution is 2.32. The molecule has 11 nitrogen and oxygen atoms in total. The Morgan fingerprint density at radius 2 is 2.00 bits per heavy atom. The van der Waals surface area contributed by atoms with Crippen molar-refractivity contribution in [2.75, 3.05) is 19.0 Å². The molecule has 3 atom stereocenters. The summed E-state index contributed by atoms with van der Waals surface area (Å²) in [5.74, 6) is 2.92. The summed E-state index contributed by atoms with van der Waals surface area (Å²) >= 11 is 1.53. The quantitative estimate of drug-likeness (QED) is 0.145. The zero-order valence-corrected chi connectivity index (χ0v) is 26.8. The molecular formula is C30H37IN6O5. The first-order valence-corrected chi connectivity index (χ1v) is 14.3. The van der Waals surface area contributed by atoms with E-state index >= 15 is 0 Å². The minimum atomic E-state index is -1.89. The normalized spacial score (nSPS) is 15.8. The number of hydrogen-bond acceptors (Lipinski definition) is 10. The molecule has 3 rings (SSSR count). The summed E-state index contributed by atoms with van der Waals surface area (Å²) in [6.45, 7) is 8.88. The van der Waals surface area contributed by atoms with E-state index < -0.39 is 23.3 Å². The molecule has 0 aliphatic carbocycles. The van der Waals surface area contributed by atoms with Crippen molar-refractivity contribution in [3.05, 3.63) is 59.8 Å². The van der Waals surface area contributed by atoms with Gasteiger partial charge in [-0.15, -0.1) is 6.42 Å². The second-order valence-electron chi connectivity index (χ2n) is 9.98. The van der Waals surface area contributed by atoms with E-state index in [1.54, 1.807) is 44.0 Å². The Kier molecular flexibility index (Phi) is 11.6. The number of ether oxygens (including phenoxy) is 2. The van der Waals surface area contributed by atoms with Crippen LogP contribution in [0.15, 0.2) is 53.4 Å². The van der Waals surface area contributed by atoms with Gasteiger partial charge in [-0.1, -0.05) is 42.3 Å². The Labute approximate surface area is 260 Å². The third-order valence-corrected chi connectivity index (χ3v) is 7.01. The Morgan fingerprint density at radius 3 is 2.57 bits per heavy atom. The lowest BCUT2D eigenvalue weighted by molar-refractivity contribution is -0.166. The molecule has 3 aromatic rings. The van der Waals surface area contributed by atoms with Crippen molar-refractivity contribution in [2.45, 2.75) is 70.9 Å². The van der Waals surface area contributed by atoms with Crippen molar-refractivity contribution in [3.63, 3.8) is 0 Å². The molecule has 2 heterocycles. The fraction of sp³-hybridized carbons (Fsp3) is 0.433. The van der Waals surface area contributed by atoms with Crippen LogP contribution in [-0.4, -0.2) is 73.9 Å². The Balaban J connectivity index is 2.00. The van der Waals surface area contributed by atoms with E-state index in [1.807, 2.05) is 44.2 Å². The Hall–Kier alpha value is -3.38. The average Bonchev–Trinajstić information content (AvgIpc) is 3.37. The first-order chi connectivity index (χ1) is 20.1. The maximum absolute atomic E-state index is 13.4. The van der Waals surface area contributed by atoms with E-state index in [1.165, 1.54) is 30.1 Å². The SMILES string of the molecule is C#C[C@](O)(Cn1cnc2c(NC(C)C)nc(C)nc21)C(COC(Cc1ccccc1)(C(=O)OI)/C(=C/C)N=CC)OC. The molecule has 0 aliphatic heterocycles. The summed E-state index contributed by atoms with van der Waals surface area (Å²) in [5.41, 5.74) is -1.34. The number of hydrogen-bond donors (Lipinski definition) is 2. The van der Waals surface area contributed by atoms with Gasteiger partial charge in [-0.3, -0.25) is 4.99 Å². The van der Waals surface area contributed by atoms with Gasteiger partial charge in [-0.05, 0) is 40.2 Å². The zero-order valence-electron chi connectivity index (χ0n) is 24.7. The fourth-order valence-corrected chi connectivity index (χ4v) is 4.97. The topological polar surface area (TPSA) is 133 Å². The predicted octanol–water partition coefficient (Wildman–Crippen LogP) is 4.22. The molecule has 42 heavy (non-hydrogen) atoms. The van der Waals surface area contributed by atoms with Crippen LogP contribution in [0.1, 0.15) is 39.1 Å². The van der Waals surface area contributed by atoms with Gasteiger partial charge >= 0.3 is 5.97 Å². The molecule has 0 amide bonds. The fourth-order valence-electron chi connectivity index (χ4n) is 4.61. The number of nitrogens with one attached hydrogen (secondary N) is 1. The van der Waals surface area contributed by atoms with Crippen LogP contribution in [0.3, 0.4) is 0 Å². The summed E-state index contributed by atoms with van der Waals surface area (Å²) in [5, 5.41) is 15.0. The third-order valence-electron chi connectivity index (χ3n) is 6.61. The van der Waals surface area contributed by atoms with Crippen molar-refractivity contribution in [1.82, 2.24) is 19.5 Å². The van der Waals surface area contributed by atoms with Crippen molar-refractivity contribution >= 4 is 52.2 Å². The van der Waals surface area contributed by atoms with E-state index in [0.29, 0.717) is 28.5 Å². The van der Waals surface area contributed by atoms with Gasteiger partial charge in [0.15, 0.2) is 40.1 Å². The van der Waals surface area contributed by atoms with Crippen LogP contribution in [-0.2, 0) is 30.3 Å². The van der Waals surface area contributed by atoms with Gasteiger partial charge in [0.25, 0.3) is 0 Å². The van der Waals surface area contributed by atoms with Gasteiger partial charge in [0.2, 0.25) is 5.60 Å². The first kappa shape index (κ1) is 33.1. The highest BCUT2D eigenvalue weighted by Gasteiger charge is 2.48. The summed E-state index contributed by atoms with van der Waals surface area (Å²) in [4.78, 5) is 31.3. The zero-order chi connectivity index (χ0) is 30.9. The Bertz CT molecular complexity index is 1470. The summed E-state index contributed by atoms with van der Waals surface area (Å²) in [7, 11) is 1.41. The number of aliphatic hydroxyl groups is 1. The molecule has 2 aromatic heterocycles. The Morgan fingerprint density at radius 1 is 1.29 bits per heavy atom. The van der Waals surface area contributed by atoms with Crippen LogP contribution < -0.4 is 5.32 Å². The van der Waals surface area contributed by atoms with Crippen LogP contribution in [0.5, 0.6) is 0 Å². The molecule has 0 spiro atoms. The van der Waals surface area contributed by atoms with Crippen LogP contribution in [0.2, 0.25) is 0 Å². The van der Waals surface area contributed by atoms with E-state index in [-0.39, 0.29) is 25.6 Å². The lowest BCUT2D eigenvalue weighted by atomic mass is 9.90. The predicted molar refractivity (Wildman–Crippen MR) is 170 cm³/mol. The average molecular weight is 689 g/mol. The van der Waals surface area contributed by atoms with Gasteiger partial charge in [0, 0.05) is 25.8 Å². The molecule has 0 aliphatic rings. The smallest absolute Gasteiger partial charge is 0.354 e. The minimum absolute atomic E-state index is 0.117. The van der Waals surface area contributed by atoms with Crippen LogP contribution >= 0.6 is 23.0 Å². The number of imidazole rings is 1. The maximum Gasteiger partial charge on any atom is 0.354 e. The standard InChI is InChI=1S/C30H37IN6O5/c1-8-23(32-10-3)30(28(38)42-31,16-22-14-12-11-13-15-22)41-17-24(40-7)29(39,9-2)18-37-19-33-25-26(34-20(4)5)35-21(6)36-27(25)37/h2,8,10-15,19-20,24,39H,16-18H2,1,3-7H3,(H,34,35,36)/b23-8-,32-10?/t24?,29-,30?/m0/s1. The van der Waals surface area contributed by atoms with Gasteiger partial charge in [-0.2, -0.15) is 0 Å². The number of anilines is 1. The molecule has 2 N–H and O–H groups in total. The molecule has 0 saturated heterocycles. The van der Waals surface area contributed by atoms with Gasteiger partial charge in [0.1, 0.15) is 17.4 Å². The molecule has 0 radical (unpaired) electrons. The number of carbonyl (C=O) groups excluding carboxylic acids is 1. The van der Waals surface area contributed by atoms with E-state index in [4.69, 9.17) is 19.0 Å². The first-order valence-electron chi connectivity index (χ1n) is 13.4. The monoisotopic (exact) mass is 688 g/mol. The van der Waals surface area contributed by atoms with Crippen LogP contribution in [0.4, 0.5) is 5.82 Å². The van der Waals surface area contributed by atoms with Crippen molar-refractivity contribution in [1.29, 1.82) is 0 Å². The summed E-state index contributed by atoms with van der Waals surface area (Å²) in [6.07, 6.45) is 9.76. The lowest BCUT2D eigenvalue weighted by Crippen LogP contribution is -2.52. The van der Waals surface area contributed by atoms with E-state index in [2.05, 4.69) is 31.2 Å². The van der Waals surface area contributed by atoms with Gasteiger partial charge < -0.3 is 27.5 Å². The number of rotatable bonds is 14. The number of carbonyl (C=O) groups is 1. The number of fused-ring (bicyclic) bond motifs is 1. The molecular weight excluding hydrogens is 651 g/mol. The highest BCUT2D eigenvalue weighted by molar-refractivity contribution is 14.1. The number of allylic oxidation sites excluding steroid dienone is 1. The second kappa shape index (κ2) is 14.7. The molecule has 224 valence electrons. The largest absolute Gasteiger partial charge is 0.392 e. The number of benzene rings is 1. The van der Waals surface area contributed by atoms with E-state index in [0.717, 1.165) is 5.56 Å². The third kappa shape index (κ3) is 7.33. The summed E-state index contributed by atoms with van der Waals surface area (Å²) < 4.78 is 18.9. The highest BCUT2D eigenvalue weighted by atomic mass is 127. The number of methoxy groups -OCH3 is 1. The van der Waals surface area contributed by atoms with Crippen molar-refractivity contribution in [2.24, 2.45) is 4.99 Å².